The van der Waals surface area contributed by atoms with E-state index in [9.17, 15) is 0 Å². The fourth-order valence-corrected chi connectivity index (χ4v) is 10.5. The van der Waals surface area contributed by atoms with Crippen molar-refractivity contribution in [3.63, 3.8) is 0 Å². The second-order valence-corrected chi connectivity index (χ2v) is 17.9. The van der Waals surface area contributed by atoms with Crippen LogP contribution >= 0.6 is 0 Å². The Morgan fingerprint density at radius 2 is 1.33 bits per heavy atom. The topological polar surface area (TPSA) is 43.6 Å². The van der Waals surface area contributed by atoms with Gasteiger partial charge in [0.2, 0.25) is 0 Å². The molecule has 3 aromatic heterocycles. The third-order valence-corrected chi connectivity index (χ3v) is 13.7. The minimum absolute atomic E-state index is 0.0903. The Bertz CT molecular complexity index is 3430. The summed E-state index contributed by atoms with van der Waals surface area (Å²) in [4.78, 5) is 15.9. The Labute approximate surface area is 368 Å². The Morgan fingerprint density at radius 3 is 2.16 bits per heavy atom. The second-order valence-electron chi connectivity index (χ2n) is 17.9. The molecule has 63 heavy (non-hydrogen) atoms. The minimum atomic E-state index is -0.0903. The van der Waals surface area contributed by atoms with E-state index in [4.69, 9.17) is 15.0 Å². The van der Waals surface area contributed by atoms with Gasteiger partial charge in [-0.05, 0) is 88.5 Å². The van der Waals surface area contributed by atoms with Gasteiger partial charge >= 0.3 is 0 Å². The molecule has 0 fully saturated rings. The van der Waals surface area contributed by atoms with E-state index in [1.807, 2.05) is 0 Å². The van der Waals surface area contributed by atoms with Crippen molar-refractivity contribution in [1.29, 1.82) is 0 Å². The lowest BCUT2D eigenvalue weighted by atomic mass is 9.81. The van der Waals surface area contributed by atoms with Gasteiger partial charge in [-0.3, -0.25) is 0 Å². The van der Waals surface area contributed by atoms with Crippen LogP contribution in [-0.4, -0.2) is 19.5 Å². The molecular weight excluding hydrogens is 765 g/mol. The van der Waals surface area contributed by atoms with Crippen molar-refractivity contribution in [2.45, 2.75) is 44.9 Å². The summed E-state index contributed by atoms with van der Waals surface area (Å²) >= 11 is 0. The van der Waals surface area contributed by atoms with E-state index in [1.54, 1.807) is 0 Å². The van der Waals surface area contributed by atoms with Gasteiger partial charge in [0.05, 0.1) is 33.6 Å². The Balaban J connectivity index is 0.907. The second kappa shape index (κ2) is 14.6. The van der Waals surface area contributed by atoms with E-state index in [2.05, 4.69) is 213 Å². The SMILES string of the molecule is CC1C=C(c2cc(-c3ccc4c(c3)C(C)(C)c3ccccc3-4)nc(C3=CCCC=C3)n2)C=CC1c1ccc(-c2nc3ccccc3c3c4ccccc4n(-c4ccccc4)c23)cc1. The van der Waals surface area contributed by atoms with Crippen molar-refractivity contribution >= 4 is 43.9 Å². The van der Waals surface area contributed by atoms with Gasteiger partial charge in [0, 0.05) is 49.9 Å². The molecule has 0 saturated heterocycles. The summed E-state index contributed by atoms with van der Waals surface area (Å²) < 4.78 is 2.39. The normalized spacial score (nSPS) is 17.5. The summed E-state index contributed by atoms with van der Waals surface area (Å²) in [5.74, 6) is 1.24. The Morgan fingerprint density at radius 1 is 0.603 bits per heavy atom. The number of allylic oxidation sites excluding steroid dienone is 8. The zero-order chi connectivity index (χ0) is 42.2. The Kier molecular flexibility index (Phi) is 8.65. The predicted molar refractivity (Wildman–Crippen MR) is 262 cm³/mol. The van der Waals surface area contributed by atoms with Crippen LogP contribution in [0.15, 0.2) is 188 Å². The molecule has 3 heterocycles. The lowest BCUT2D eigenvalue weighted by molar-refractivity contribution is 0.637. The highest BCUT2D eigenvalue weighted by molar-refractivity contribution is 6.23. The third kappa shape index (κ3) is 6.07. The van der Waals surface area contributed by atoms with Crippen molar-refractivity contribution in [1.82, 2.24) is 19.5 Å². The average molecular weight is 811 g/mol. The van der Waals surface area contributed by atoms with Crippen molar-refractivity contribution < 1.29 is 0 Å². The number of pyridine rings is 1. The average Bonchev–Trinajstić information content (AvgIpc) is 3.80. The third-order valence-electron chi connectivity index (χ3n) is 13.7. The number of benzene rings is 6. The number of nitrogens with zero attached hydrogens (tertiary/aromatic N) is 4. The minimum Gasteiger partial charge on any atom is -0.307 e. The fourth-order valence-electron chi connectivity index (χ4n) is 10.5. The van der Waals surface area contributed by atoms with E-state index in [-0.39, 0.29) is 17.3 Å². The summed E-state index contributed by atoms with van der Waals surface area (Å²) in [6, 6.07) is 55.0. The monoisotopic (exact) mass is 810 g/mol. The molecule has 12 rings (SSSR count). The highest BCUT2D eigenvalue weighted by atomic mass is 15.0. The van der Waals surface area contributed by atoms with E-state index < -0.39 is 0 Å². The number of hydrogen-bond acceptors (Lipinski definition) is 3. The number of fused-ring (bicyclic) bond motifs is 8. The first-order valence-corrected chi connectivity index (χ1v) is 22.3. The first-order chi connectivity index (χ1) is 30.9. The molecule has 0 spiro atoms. The van der Waals surface area contributed by atoms with Crippen LogP contribution < -0.4 is 0 Å². The highest BCUT2D eigenvalue weighted by Gasteiger charge is 2.35. The summed E-state index contributed by atoms with van der Waals surface area (Å²) in [7, 11) is 0. The lowest BCUT2D eigenvalue weighted by Gasteiger charge is -2.24. The summed E-state index contributed by atoms with van der Waals surface area (Å²) in [5, 5.41) is 3.63. The number of aromatic nitrogens is 4. The molecule has 4 heteroatoms. The van der Waals surface area contributed by atoms with E-state index in [1.165, 1.54) is 49.5 Å². The number of para-hydroxylation sites is 3. The number of hydrogen-bond donors (Lipinski definition) is 0. The lowest BCUT2D eigenvalue weighted by Crippen LogP contribution is -2.15. The first-order valence-electron chi connectivity index (χ1n) is 22.3. The van der Waals surface area contributed by atoms with Gasteiger partial charge in [-0.1, -0.05) is 172 Å². The van der Waals surface area contributed by atoms with E-state index >= 15 is 0 Å². The van der Waals surface area contributed by atoms with Crippen LogP contribution in [0.5, 0.6) is 0 Å². The van der Waals surface area contributed by atoms with Crippen LogP contribution in [-0.2, 0) is 5.41 Å². The Hall–Kier alpha value is -7.43. The van der Waals surface area contributed by atoms with E-state index in [0.717, 1.165) is 74.7 Å². The van der Waals surface area contributed by atoms with Crippen LogP contribution in [0.3, 0.4) is 0 Å². The molecule has 2 unspecified atom stereocenters. The molecule has 9 aromatic rings. The van der Waals surface area contributed by atoms with Crippen LogP contribution in [0, 0.1) is 5.92 Å². The van der Waals surface area contributed by atoms with Crippen LogP contribution in [0.4, 0.5) is 0 Å². The zero-order valence-electron chi connectivity index (χ0n) is 35.8. The molecule has 4 nitrogen and oxygen atoms in total. The molecule has 0 bridgehead atoms. The van der Waals surface area contributed by atoms with Gasteiger partial charge in [-0.15, -0.1) is 0 Å². The standard InChI is InChI=1S/C59H46N4/c1-37-34-41(52-36-53(62-58(61-52)40-16-6-4-7-17-40)42-31-33-46-45-20-10-13-23-49(45)59(2,3)50(46)35-42)30-32-44(37)38-26-28-39(29-27-38)56-57-55(47-21-11-14-24-51(47)60-56)48-22-12-15-25-54(48)63(57)43-18-8-5-9-19-43/h5-6,8-37,44H,4,7H2,1-3H3. The molecule has 3 aliphatic rings. The van der Waals surface area contributed by atoms with Crippen LogP contribution in [0.25, 0.3) is 83.2 Å². The molecular formula is C59H46N4. The molecule has 302 valence electrons. The summed E-state index contributed by atoms with van der Waals surface area (Å²) in [6.07, 6.45) is 15.8. The van der Waals surface area contributed by atoms with E-state index in [0.29, 0.717) is 0 Å². The smallest absolute Gasteiger partial charge is 0.160 e. The molecule has 3 aliphatic carbocycles. The van der Waals surface area contributed by atoms with Gasteiger partial charge in [0.25, 0.3) is 0 Å². The molecule has 0 saturated carbocycles. The fraction of sp³-hybridized carbons (Fsp3) is 0.136. The largest absolute Gasteiger partial charge is 0.307 e. The molecule has 0 amide bonds. The van der Waals surface area contributed by atoms with Gasteiger partial charge in [0.1, 0.15) is 0 Å². The quantitative estimate of drug-likeness (QED) is 0.168. The van der Waals surface area contributed by atoms with Gasteiger partial charge in [0.15, 0.2) is 5.82 Å². The van der Waals surface area contributed by atoms with Gasteiger partial charge < -0.3 is 4.57 Å². The maximum Gasteiger partial charge on any atom is 0.160 e. The van der Waals surface area contributed by atoms with Crippen molar-refractivity contribution in [3.8, 4) is 39.3 Å². The van der Waals surface area contributed by atoms with Crippen LogP contribution in [0.1, 0.15) is 67.7 Å². The molecule has 0 N–H and O–H groups in total. The van der Waals surface area contributed by atoms with Crippen LogP contribution in [0.2, 0.25) is 0 Å². The molecule has 2 atom stereocenters. The summed E-state index contributed by atoms with van der Waals surface area (Å²) in [5.41, 5.74) is 18.3. The maximum atomic E-state index is 5.39. The van der Waals surface area contributed by atoms with Crippen molar-refractivity contribution in [2.75, 3.05) is 0 Å². The molecule has 0 radical (unpaired) electrons. The summed E-state index contributed by atoms with van der Waals surface area (Å²) in [6.45, 7) is 7.00. The highest BCUT2D eigenvalue weighted by Crippen LogP contribution is 2.50. The zero-order valence-corrected chi connectivity index (χ0v) is 35.8. The van der Waals surface area contributed by atoms with Gasteiger partial charge in [-0.2, -0.15) is 0 Å². The van der Waals surface area contributed by atoms with Gasteiger partial charge in [-0.25, -0.2) is 15.0 Å². The molecule has 0 aliphatic heterocycles. The molecule has 6 aromatic carbocycles. The predicted octanol–water partition coefficient (Wildman–Crippen LogP) is 14.9. The van der Waals surface area contributed by atoms with Crippen molar-refractivity contribution in [2.24, 2.45) is 5.92 Å². The first kappa shape index (κ1) is 37.3. The van der Waals surface area contributed by atoms with Crippen molar-refractivity contribution in [3.05, 3.63) is 216 Å². The maximum absolute atomic E-state index is 5.39. The number of rotatable bonds is 6.